The van der Waals surface area contributed by atoms with E-state index in [-0.39, 0.29) is 0 Å². The maximum atomic E-state index is 2.29. The minimum Gasteiger partial charge on any atom is -0.0842 e. The maximum absolute atomic E-state index is 2.29. The number of allylic oxidation sites excluding steroid dienone is 4. The molecule has 0 heterocycles. The average molecular weight is 304 g/mol. The molecule has 0 spiro atoms. The largest absolute Gasteiger partial charge is 0.0842 e. The molecule has 0 saturated heterocycles. The number of hydrogen-bond acceptors (Lipinski definition) is 0. The van der Waals surface area contributed by atoms with E-state index in [0.717, 1.165) is 6.42 Å². The molecule has 0 aromatic heterocycles. The maximum Gasteiger partial charge on any atom is -0.00135 e. The van der Waals surface area contributed by atoms with Gasteiger partial charge in [0.2, 0.25) is 0 Å². The van der Waals surface area contributed by atoms with Gasteiger partial charge in [-0.05, 0) is 55.4 Å². The third-order valence-electron chi connectivity index (χ3n) is 4.18. The van der Waals surface area contributed by atoms with Crippen LogP contribution in [0.4, 0.5) is 0 Å². The van der Waals surface area contributed by atoms with Gasteiger partial charge in [-0.25, -0.2) is 0 Å². The summed E-state index contributed by atoms with van der Waals surface area (Å²) in [5.41, 5.74) is 8.64. The molecule has 0 amide bonds. The van der Waals surface area contributed by atoms with Gasteiger partial charge in [0.1, 0.15) is 0 Å². The van der Waals surface area contributed by atoms with Crippen LogP contribution in [0, 0.1) is 6.92 Å². The van der Waals surface area contributed by atoms with Crippen molar-refractivity contribution in [2.24, 2.45) is 0 Å². The number of hydrogen-bond donors (Lipinski definition) is 0. The van der Waals surface area contributed by atoms with Crippen molar-refractivity contribution in [3.63, 3.8) is 0 Å². The second-order valence-corrected chi connectivity index (χ2v) is 5.97. The molecule has 0 unspecified atom stereocenters. The van der Waals surface area contributed by atoms with Crippen molar-refractivity contribution in [3.8, 4) is 11.1 Å². The van der Waals surface area contributed by atoms with Crippen LogP contribution in [0.2, 0.25) is 0 Å². The number of fused-ring (bicyclic) bond motifs is 3. The van der Waals surface area contributed by atoms with Crippen molar-refractivity contribution in [1.29, 1.82) is 0 Å². The molecule has 0 aliphatic heterocycles. The molecule has 120 valence electrons. The van der Waals surface area contributed by atoms with Crippen LogP contribution in [0.1, 0.15) is 50.3 Å². The van der Waals surface area contributed by atoms with Crippen molar-refractivity contribution in [2.45, 2.75) is 47.0 Å². The minimum absolute atomic E-state index is 1.10. The van der Waals surface area contributed by atoms with Gasteiger partial charge in [0.05, 0.1) is 0 Å². The van der Waals surface area contributed by atoms with Crippen molar-refractivity contribution in [2.75, 3.05) is 0 Å². The topological polar surface area (TPSA) is 0 Å². The quantitative estimate of drug-likeness (QED) is 0.425. The van der Waals surface area contributed by atoms with E-state index < -0.39 is 0 Å². The lowest BCUT2D eigenvalue weighted by Gasteiger charge is -2.01. The van der Waals surface area contributed by atoms with E-state index in [1.54, 1.807) is 0 Å². The highest BCUT2D eigenvalue weighted by molar-refractivity contribution is 5.77. The Morgan fingerprint density at radius 1 is 0.826 bits per heavy atom. The van der Waals surface area contributed by atoms with Crippen LogP contribution in [-0.2, 0) is 6.42 Å². The SMILES string of the molecule is CC.CC1=CC=CCC1.Cc1ccc2c(c1)-c1ccccc1C2. The van der Waals surface area contributed by atoms with Crippen LogP contribution < -0.4 is 0 Å². The molecule has 0 saturated carbocycles. The Morgan fingerprint density at radius 2 is 1.57 bits per heavy atom. The summed E-state index contributed by atoms with van der Waals surface area (Å²) in [5.74, 6) is 0. The van der Waals surface area contributed by atoms with Crippen LogP contribution >= 0.6 is 0 Å². The summed E-state index contributed by atoms with van der Waals surface area (Å²) in [6.07, 6.45) is 10.1. The van der Waals surface area contributed by atoms with Crippen molar-refractivity contribution < 1.29 is 0 Å². The summed E-state index contributed by atoms with van der Waals surface area (Å²) in [6, 6.07) is 15.4. The summed E-state index contributed by atoms with van der Waals surface area (Å²) >= 11 is 0. The first-order valence-electron chi connectivity index (χ1n) is 8.74. The Bertz CT molecular complexity index is 702. The molecule has 0 N–H and O–H groups in total. The van der Waals surface area contributed by atoms with E-state index in [9.17, 15) is 0 Å². The van der Waals surface area contributed by atoms with Gasteiger partial charge in [0.25, 0.3) is 0 Å². The first-order chi connectivity index (χ1) is 11.2. The summed E-state index contributed by atoms with van der Waals surface area (Å²) in [5, 5.41) is 0. The molecule has 0 nitrogen and oxygen atoms in total. The van der Waals surface area contributed by atoms with Gasteiger partial charge in [0.15, 0.2) is 0 Å². The molecule has 2 aliphatic rings. The summed E-state index contributed by atoms with van der Waals surface area (Å²) < 4.78 is 0. The highest BCUT2D eigenvalue weighted by Gasteiger charge is 2.16. The smallest absolute Gasteiger partial charge is 0.00135 e. The van der Waals surface area contributed by atoms with E-state index in [1.807, 2.05) is 13.8 Å². The van der Waals surface area contributed by atoms with Gasteiger partial charge < -0.3 is 0 Å². The van der Waals surface area contributed by atoms with Crippen LogP contribution in [0.25, 0.3) is 11.1 Å². The lowest BCUT2D eigenvalue weighted by atomic mass is 10.0. The van der Waals surface area contributed by atoms with E-state index in [4.69, 9.17) is 0 Å². The molecule has 0 bridgehead atoms. The van der Waals surface area contributed by atoms with E-state index in [0.29, 0.717) is 0 Å². The van der Waals surface area contributed by atoms with Crippen molar-refractivity contribution in [3.05, 3.63) is 83.0 Å². The second kappa shape index (κ2) is 8.53. The molecular weight excluding hydrogens is 276 g/mol. The molecule has 2 aliphatic carbocycles. The normalized spacial score (nSPS) is 13.7. The van der Waals surface area contributed by atoms with E-state index >= 15 is 0 Å². The summed E-state index contributed by atoms with van der Waals surface area (Å²) in [4.78, 5) is 0. The molecule has 23 heavy (non-hydrogen) atoms. The molecule has 2 aromatic carbocycles. The highest BCUT2D eigenvalue weighted by Crippen LogP contribution is 2.36. The third kappa shape index (κ3) is 4.45. The fraction of sp³-hybridized carbons (Fsp3) is 0.304. The zero-order chi connectivity index (χ0) is 16.7. The van der Waals surface area contributed by atoms with Crippen LogP contribution in [0.3, 0.4) is 0 Å². The highest BCUT2D eigenvalue weighted by atomic mass is 14.2. The second-order valence-electron chi connectivity index (χ2n) is 5.97. The van der Waals surface area contributed by atoms with Gasteiger partial charge in [-0.1, -0.05) is 85.7 Å². The van der Waals surface area contributed by atoms with E-state index in [2.05, 4.69) is 74.5 Å². The molecule has 4 rings (SSSR count). The first kappa shape index (κ1) is 17.3. The number of benzene rings is 2. The van der Waals surface area contributed by atoms with Crippen LogP contribution in [0.5, 0.6) is 0 Å². The first-order valence-corrected chi connectivity index (χ1v) is 8.74. The Kier molecular flexibility index (Phi) is 6.40. The third-order valence-corrected chi connectivity index (χ3v) is 4.18. The fourth-order valence-corrected chi connectivity index (χ4v) is 2.96. The van der Waals surface area contributed by atoms with Crippen LogP contribution in [-0.4, -0.2) is 0 Å². The predicted octanol–water partition coefficient (Wildman–Crippen LogP) is 6.88. The Balaban J connectivity index is 0.000000181. The molecule has 0 radical (unpaired) electrons. The zero-order valence-electron chi connectivity index (χ0n) is 14.9. The van der Waals surface area contributed by atoms with Crippen LogP contribution in [0.15, 0.2) is 66.3 Å². The van der Waals surface area contributed by atoms with Crippen molar-refractivity contribution in [1.82, 2.24) is 0 Å². The summed E-state index contributed by atoms with van der Waals surface area (Å²) in [7, 11) is 0. The average Bonchev–Trinajstić information content (AvgIpc) is 2.96. The zero-order valence-corrected chi connectivity index (χ0v) is 14.9. The lowest BCUT2D eigenvalue weighted by Crippen LogP contribution is -1.80. The standard InChI is InChI=1S/C14H12.C7H10.C2H6/c1-10-6-7-12-9-11-4-2-3-5-13(11)14(12)8-10;1-7-5-3-2-4-6-7;1-2/h2-8H,9H2,1H3;2-3,5H,4,6H2,1H3;1-2H3. The van der Waals surface area contributed by atoms with E-state index in [1.165, 1.54) is 46.2 Å². The van der Waals surface area contributed by atoms with Gasteiger partial charge in [0, 0.05) is 0 Å². The van der Waals surface area contributed by atoms with Gasteiger partial charge >= 0.3 is 0 Å². The number of aryl methyl sites for hydroxylation is 1. The van der Waals surface area contributed by atoms with Gasteiger partial charge in [-0.3, -0.25) is 0 Å². The molecule has 2 aromatic rings. The lowest BCUT2D eigenvalue weighted by molar-refractivity contribution is 0.962. The summed E-state index contributed by atoms with van der Waals surface area (Å²) in [6.45, 7) is 8.32. The minimum atomic E-state index is 1.10. The predicted molar refractivity (Wildman–Crippen MR) is 103 cm³/mol. The Labute approximate surface area is 141 Å². The van der Waals surface area contributed by atoms with Gasteiger partial charge in [-0.2, -0.15) is 0 Å². The fourth-order valence-electron chi connectivity index (χ4n) is 2.96. The van der Waals surface area contributed by atoms with Gasteiger partial charge in [-0.15, -0.1) is 0 Å². The Hall–Kier alpha value is -2.08. The number of rotatable bonds is 0. The van der Waals surface area contributed by atoms with Crippen molar-refractivity contribution >= 4 is 0 Å². The Morgan fingerprint density at radius 3 is 2.22 bits per heavy atom. The molecule has 0 atom stereocenters. The molecular formula is C23H28. The molecule has 0 heteroatoms. The molecule has 0 fully saturated rings. The monoisotopic (exact) mass is 304 g/mol.